The van der Waals surface area contributed by atoms with Gasteiger partial charge in [-0.3, -0.25) is 9.59 Å². The smallest absolute Gasteiger partial charge is 0.304 e. The molecular weight excluding hydrogens is 592 g/mol. The third kappa shape index (κ3) is 7.93. The van der Waals surface area contributed by atoms with Crippen LogP contribution in [0.4, 0.5) is 5.69 Å². The quantitative estimate of drug-likeness (QED) is 0.321. The Morgan fingerprint density at radius 1 is 0.925 bits per heavy atom. The van der Waals surface area contributed by atoms with E-state index in [0.717, 1.165) is 29.8 Å². The van der Waals surface area contributed by atoms with Crippen LogP contribution in [0.15, 0.2) is 77.3 Å². The first-order valence-corrected chi connectivity index (χ1v) is 15.3. The molecule has 0 aliphatic heterocycles. The van der Waals surface area contributed by atoms with Crippen LogP contribution in [-0.2, 0) is 32.8 Å². The maximum Gasteiger partial charge on any atom is 0.304 e. The average Bonchev–Trinajstić information content (AvgIpc) is 2.92. The fraction of sp³-hybridized carbons (Fsp3) is 0.333. The minimum atomic E-state index is -4.04. The Balaban J connectivity index is 2.11. The van der Waals surface area contributed by atoms with Crippen LogP contribution in [0, 0.1) is 13.8 Å². The van der Waals surface area contributed by atoms with E-state index in [9.17, 15) is 18.0 Å². The van der Waals surface area contributed by atoms with Gasteiger partial charge in [0.2, 0.25) is 11.8 Å². The van der Waals surface area contributed by atoms with E-state index in [0.29, 0.717) is 17.8 Å². The van der Waals surface area contributed by atoms with Gasteiger partial charge in [-0.15, -0.1) is 0 Å². The molecule has 1 unspecified atom stereocenters. The number of aryl methyl sites for hydroxylation is 2. The SMILES string of the molecule is CCNC(=O)C(Cc1ccccc1)N(Cc1ccc(Br)cc1)C(=O)CN(c1cc(C)ccc1C)S(=O)(=O)N(C)C. The molecule has 0 saturated heterocycles. The molecule has 0 radical (unpaired) electrons. The van der Waals surface area contributed by atoms with E-state index < -0.39 is 28.7 Å². The highest BCUT2D eigenvalue weighted by Crippen LogP contribution is 2.26. The molecule has 214 valence electrons. The summed E-state index contributed by atoms with van der Waals surface area (Å²) in [7, 11) is -1.17. The van der Waals surface area contributed by atoms with Crippen LogP contribution in [0.1, 0.15) is 29.2 Å². The van der Waals surface area contributed by atoms with Crippen molar-refractivity contribution < 1.29 is 18.0 Å². The number of hydrogen-bond acceptors (Lipinski definition) is 4. The van der Waals surface area contributed by atoms with Crippen molar-refractivity contribution in [1.82, 2.24) is 14.5 Å². The van der Waals surface area contributed by atoms with Gasteiger partial charge in [0, 0.05) is 38.1 Å². The predicted molar refractivity (Wildman–Crippen MR) is 163 cm³/mol. The van der Waals surface area contributed by atoms with Gasteiger partial charge in [-0.2, -0.15) is 12.7 Å². The molecule has 0 aliphatic rings. The lowest BCUT2D eigenvalue weighted by atomic mass is 10.0. The maximum atomic E-state index is 14.2. The number of likely N-dealkylation sites (N-methyl/N-ethyl adjacent to an activating group) is 1. The molecule has 0 spiro atoms. The van der Waals surface area contributed by atoms with Gasteiger partial charge in [0.05, 0.1) is 5.69 Å². The van der Waals surface area contributed by atoms with Crippen molar-refractivity contribution in [2.45, 2.75) is 39.8 Å². The first-order valence-electron chi connectivity index (χ1n) is 13.1. The lowest BCUT2D eigenvalue weighted by molar-refractivity contribution is -0.140. The first-order chi connectivity index (χ1) is 18.9. The van der Waals surface area contributed by atoms with E-state index in [2.05, 4.69) is 21.2 Å². The summed E-state index contributed by atoms with van der Waals surface area (Å²) >= 11 is 3.44. The van der Waals surface area contributed by atoms with Crippen LogP contribution in [-0.4, -0.2) is 62.7 Å². The molecule has 3 rings (SSSR count). The Bertz CT molecular complexity index is 1410. The zero-order valence-corrected chi connectivity index (χ0v) is 26.0. The molecule has 40 heavy (non-hydrogen) atoms. The summed E-state index contributed by atoms with van der Waals surface area (Å²) in [5.74, 6) is -0.785. The standard InChI is InChI=1S/C30H37BrN4O4S/c1-6-32-30(37)28(19-24-10-8-7-9-11-24)34(20-25-14-16-26(31)17-15-25)29(36)21-35(40(38,39)33(4)5)27-18-22(2)12-13-23(27)3/h7-18,28H,6,19-21H2,1-5H3,(H,32,37). The lowest BCUT2D eigenvalue weighted by Gasteiger charge is -2.34. The number of halogens is 1. The minimum Gasteiger partial charge on any atom is -0.355 e. The number of hydrogen-bond donors (Lipinski definition) is 1. The number of rotatable bonds is 12. The third-order valence-corrected chi connectivity index (χ3v) is 8.87. The fourth-order valence-electron chi connectivity index (χ4n) is 4.32. The van der Waals surface area contributed by atoms with E-state index in [1.807, 2.05) is 87.5 Å². The van der Waals surface area contributed by atoms with Gasteiger partial charge in [-0.05, 0) is 61.2 Å². The van der Waals surface area contributed by atoms with Crippen LogP contribution in [0.25, 0.3) is 0 Å². The second-order valence-corrected chi connectivity index (χ2v) is 12.8. The first kappa shape index (κ1) is 31.3. The summed E-state index contributed by atoms with van der Waals surface area (Å²) in [5, 5.41) is 2.87. The third-order valence-electron chi connectivity index (χ3n) is 6.54. The van der Waals surface area contributed by atoms with Crippen molar-refractivity contribution in [2.75, 3.05) is 31.5 Å². The molecule has 0 heterocycles. The Hall–Kier alpha value is -3.21. The molecule has 0 bridgehead atoms. The van der Waals surface area contributed by atoms with Gasteiger partial charge in [-0.1, -0.05) is 70.5 Å². The molecule has 1 atom stereocenters. The van der Waals surface area contributed by atoms with Crippen molar-refractivity contribution in [3.63, 3.8) is 0 Å². The van der Waals surface area contributed by atoms with Crippen LogP contribution in [0.5, 0.6) is 0 Å². The Morgan fingerprint density at radius 2 is 1.57 bits per heavy atom. The molecule has 2 amide bonds. The summed E-state index contributed by atoms with van der Waals surface area (Å²) in [5.41, 5.74) is 3.70. The van der Waals surface area contributed by atoms with E-state index in [1.165, 1.54) is 19.0 Å². The maximum absolute atomic E-state index is 14.2. The monoisotopic (exact) mass is 628 g/mol. The Morgan fingerprint density at radius 3 is 2.17 bits per heavy atom. The molecule has 10 heteroatoms. The molecule has 0 aromatic heterocycles. The summed E-state index contributed by atoms with van der Waals surface area (Å²) in [4.78, 5) is 29.2. The fourth-order valence-corrected chi connectivity index (χ4v) is 5.70. The second-order valence-electron chi connectivity index (χ2n) is 9.83. The van der Waals surface area contributed by atoms with E-state index in [4.69, 9.17) is 0 Å². The predicted octanol–water partition coefficient (Wildman–Crippen LogP) is 4.45. The minimum absolute atomic E-state index is 0.128. The van der Waals surface area contributed by atoms with Crippen LogP contribution in [0.3, 0.4) is 0 Å². The van der Waals surface area contributed by atoms with E-state index in [1.54, 1.807) is 6.07 Å². The van der Waals surface area contributed by atoms with Gasteiger partial charge in [0.15, 0.2) is 0 Å². The molecule has 8 nitrogen and oxygen atoms in total. The van der Waals surface area contributed by atoms with Crippen LogP contribution in [0.2, 0.25) is 0 Å². The molecule has 3 aromatic carbocycles. The van der Waals surface area contributed by atoms with Crippen molar-refractivity contribution in [1.29, 1.82) is 0 Å². The Kier molecular flexibility index (Phi) is 10.9. The number of nitrogens with one attached hydrogen (secondary N) is 1. The Labute approximate surface area is 246 Å². The number of nitrogens with zero attached hydrogens (tertiary/aromatic N) is 3. The normalized spacial score (nSPS) is 12.2. The van der Waals surface area contributed by atoms with Gasteiger partial charge in [0.25, 0.3) is 0 Å². The molecule has 3 aromatic rings. The topological polar surface area (TPSA) is 90.0 Å². The second kappa shape index (κ2) is 13.9. The lowest BCUT2D eigenvalue weighted by Crippen LogP contribution is -2.54. The molecule has 1 N–H and O–H groups in total. The number of carbonyl (C=O) groups is 2. The van der Waals surface area contributed by atoms with Crippen molar-refractivity contribution in [3.8, 4) is 0 Å². The van der Waals surface area contributed by atoms with E-state index in [-0.39, 0.29) is 18.9 Å². The molecule has 0 saturated carbocycles. The van der Waals surface area contributed by atoms with Gasteiger partial charge < -0.3 is 10.2 Å². The summed E-state index contributed by atoms with van der Waals surface area (Å²) in [6, 6.07) is 21.6. The van der Waals surface area contributed by atoms with Crippen molar-refractivity contribution >= 4 is 43.6 Å². The van der Waals surface area contributed by atoms with Gasteiger partial charge in [0.1, 0.15) is 12.6 Å². The highest BCUT2D eigenvalue weighted by Gasteiger charge is 2.35. The van der Waals surface area contributed by atoms with Crippen LogP contribution < -0.4 is 9.62 Å². The molecule has 0 fully saturated rings. The summed E-state index contributed by atoms with van der Waals surface area (Å²) < 4.78 is 30.2. The number of amides is 2. The zero-order chi connectivity index (χ0) is 29.4. The van der Waals surface area contributed by atoms with Crippen molar-refractivity contribution in [3.05, 3.63) is 99.5 Å². The largest absolute Gasteiger partial charge is 0.355 e. The number of carbonyl (C=O) groups excluding carboxylic acids is 2. The van der Waals surface area contributed by atoms with Gasteiger partial charge in [-0.25, -0.2) is 4.31 Å². The summed E-state index contributed by atoms with van der Waals surface area (Å²) in [6.07, 6.45) is 0.277. The zero-order valence-electron chi connectivity index (χ0n) is 23.6. The van der Waals surface area contributed by atoms with Crippen LogP contribution >= 0.6 is 15.9 Å². The molecular formula is C30H37BrN4O4S. The number of anilines is 1. The highest BCUT2D eigenvalue weighted by atomic mass is 79.9. The van der Waals surface area contributed by atoms with E-state index >= 15 is 0 Å². The number of benzene rings is 3. The van der Waals surface area contributed by atoms with Gasteiger partial charge >= 0.3 is 10.2 Å². The molecule has 0 aliphatic carbocycles. The highest BCUT2D eigenvalue weighted by molar-refractivity contribution is 9.10. The van der Waals surface area contributed by atoms with Crippen molar-refractivity contribution in [2.24, 2.45) is 0 Å². The summed E-state index contributed by atoms with van der Waals surface area (Å²) in [6.45, 7) is 5.56. The average molecular weight is 630 g/mol.